The first kappa shape index (κ1) is 10.6. The second kappa shape index (κ2) is 3.70. The Balaban J connectivity index is 2.72. The minimum Gasteiger partial charge on any atom is -0.351 e. The zero-order valence-corrected chi connectivity index (χ0v) is 10.1. The highest BCUT2D eigenvalue weighted by Gasteiger charge is 2.38. The van der Waals surface area contributed by atoms with Gasteiger partial charge in [-0.2, -0.15) is 0 Å². The molecule has 0 aromatic rings. The topological polar surface area (TPSA) is 29.1 Å². The summed E-state index contributed by atoms with van der Waals surface area (Å²) in [7, 11) is 0. The average molecular weight is 302 g/mol. The Morgan fingerprint density at radius 3 is 2.75 bits per heavy atom. The lowest BCUT2D eigenvalue weighted by atomic mass is 9.78. The van der Waals surface area contributed by atoms with Gasteiger partial charge in [0, 0.05) is 6.42 Å². The Morgan fingerprint density at radius 2 is 2.33 bits per heavy atom. The minimum atomic E-state index is -0.0261. The summed E-state index contributed by atoms with van der Waals surface area (Å²) < 4.78 is -0.0261. The zero-order chi connectivity index (χ0) is 9.35. The second-order valence-electron chi connectivity index (χ2n) is 3.87. The molecule has 1 fully saturated rings. The first-order valence-electron chi connectivity index (χ1n) is 4.01. The van der Waals surface area contributed by atoms with Gasteiger partial charge in [0.2, 0.25) is 5.91 Å². The number of halogens is 2. The summed E-state index contributed by atoms with van der Waals surface area (Å²) in [5.74, 6) is 0.127. The number of nitrogens with one attached hydrogen (secondary N) is 1. The minimum absolute atomic E-state index is 0.0261. The monoisotopic (exact) mass is 301 g/mol. The zero-order valence-electron chi connectivity index (χ0n) is 7.23. The molecule has 1 rings (SSSR count). The van der Waals surface area contributed by atoms with Crippen molar-refractivity contribution in [2.75, 3.05) is 0 Å². The molecular weight excluding hydrogens is 288 g/mol. The molecule has 0 bridgehead atoms. The molecule has 1 aliphatic rings. The summed E-state index contributed by atoms with van der Waals surface area (Å²) in [6.45, 7) is 4.29. The van der Waals surface area contributed by atoms with E-state index in [2.05, 4.69) is 41.8 Å². The third-order valence-corrected chi connectivity index (χ3v) is 3.38. The van der Waals surface area contributed by atoms with Crippen LogP contribution in [-0.4, -0.2) is 15.3 Å². The van der Waals surface area contributed by atoms with Crippen molar-refractivity contribution >= 4 is 40.1 Å². The van der Waals surface area contributed by atoms with Crippen molar-refractivity contribution in [3.63, 3.8) is 0 Å². The van der Waals surface area contributed by atoms with E-state index < -0.39 is 0 Å². The third-order valence-electron chi connectivity index (χ3n) is 2.41. The van der Waals surface area contributed by atoms with Gasteiger partial charge >= 0.3 is 0 Å². The van der Waals surface area contributed by atoms with Crippen LogP contribution in [0.2, 0.25) is 0 Å². The second-order valence-corrected chi connectivity index (χ2v) is 6.42. The Morgan fingerprint density at radius 1 is 1.75 bits per heavy atom. The lowest BCUT2D eigenvalue weighted by Crippen LogP contribution is -2.52. The van der Waals surface area contributed by atoms with E-state index in [1.54, 1.807) is 0 Å². The van der Waals surface area contributed by atoms with Crippen molar-refractivity contribution in [3.05, 3.63) is 0 Å². The molecule has 0 spiro atoms. The number of amides is 1. The number of carbonyl (C=O) groups is 1. The molecule has 1 amide bonds. The molecule has 70 valence electrons. The normalized spacial score (nSPS) is 31.0. The Bertz CT molecular complexity index is 193. The quantitative estimate of drug-likeness (QED) is 0.584. The van der Waals surface area contributed by atoms with E-state index in [0.717, 1.165) is 6.42 Å². The van der Waals surface area contributed by atoms with Crippen LogP contribution in [0, 0.1) is 5.41 Å². The molecule has 1 saturated heterocycles. The fourth-order valence-corrected chi connectivity index (χ4v) is 2.99. The highest BCUT2D eigenvalue weighted by Crippen LogP contribution is 2.35. The molecule has 2 unspecified atom stereocenters. The van der Waals surface area contributed by atoms with E-state index in [4.69, 9.17) is 11.6 Å². The average Bonchev–Trinajstić information content (AvgIpc) is 1.94. The van der Waals surface area contributed by atoms with Crippen LogP contribution in [0.5, 0.6) is 0 Å². The van der Waals surface area contributed by atoms with Gasteiger partial charge < -0.3 is 5.32 Å². The molecule has 0 aliphatic carbocycles. The van der Waals surface area contributed by atoms with Crippen molar-refractivity contribution in [3.8, 4) is 0 Å². The van der Waals surface area contributed by atoms with Gasteiger partial charge in [-0.05, 0) is 11.8 Å². The number of alkyl halides is 2. The van der Waals surface area contributed by atoms with Crippen LogP contribution < -0.4 is 5.32 Å². The SMILES string of the molecule is CC1(C)CCC(=O)NC1C(Cl)I. The standard InChI is InChI=1S/C8H13ClINO/c1-8(2)4-3-5(12)11-6(8)7(9)10/h6-7H,3-4H2,1-2H3,(H,11,12). The van der Waals surface area contributed by atoms with E-state index in [0.29, 0.717) is 6.42 Å². The van der Waals surface area contributed by atoms with Gasteiger partial charge in [-0.3, -0.25) is 4.79 Å². The summed E-state index contributed by atoms with van der Waals surface area (Å²) in [5.41, 5.74) is 0.127. The molecule has 0 aromatic carbocycles. The molecular formula is C8H13ClINO. The van der Waals surface area contributed by atoms with Gasteiger partial charge in [-0.25, -0.2) is 0 Å². The highest BCUT2D eigenvalue weighted by atomic mass is 127. The van der Waals surface area contributed by atoms with Gasteiger partial charge in [0.05, 0.1) is 6.04 Å². The highest BCUT2D eigenvalue weighted by molar-refractivity contribution is 14.1. The molecule has 2 atom stereocenters. The molecule has 1 heterocycles. The summed E-state index contributed by atoms with van der Waals surface area (Å²) >= 11 is 8.13. The molecule has 1 N–H and O–H groups in total. The van der Waals surface area contributed by atoms with Crippen LogP contribution in [0.25, 0.3) is 0 Å². The molecule has 0 aromatic heterocycles. The van der Waals surface area contributed by atoms with Crippen molar-refractivity contribution in [2.24, 2.45) is 5.41 Å². The Hall–Kier alpha value is 0.490. The Kier molecular flexibility index (Phi) is 3.26. The van der Waals surface area contributed by atoms with E-state index in [9.17, 15) is 4.79 Å². The Labute approximate surface area is 91.6 Å². The van der Waals surface area contributed by atoms with Gasteiger partial charge in [0.1, 0.15) is 3.38 Å². The molecule has 0 radical (unpaired) electrons. The molecule has 12 heavy (non-hydrogen) atoms. The van der Waals surface area contributed by atoms with E-state index >= 15 is 0 Å². The fourth-order valence-electron chi connectivity index (χ4n) is 1.44. The molecule has 1 aliphatic heterocycles. The summed E-state index contributed by atoms with van der Waals surface area (Å²) in [6, 6.07) is 0.0982. The largest absolute Gasteiger partial charge is 0.351 e. The lowest BCUT2D eigenvalue weighted by Gasteiger charge is -2.39. The van der Waals surface area contributed by atoms with Crippen LogP contribution in [-0.2, 0) is 4.79 Å². The van der Waals surface area contributed by atoms with Crippen LogP contribution in [0.3, 0.4) is 0 Å². The number of carbonyl (C=O) groups excluding carboxylic acids is 1. The van der Waals surface area contributed by atoms with Gasteiger partial charge in [0.15, 0.2) is 0 Å². The summed E-state index contributed by atoms with van der Waals surface area (Å²) in [5, 5.41) is 2.93. The van der Waals surface area contributed by atoms with Crippen LogP contribution >= 0.6 is 34.2 Å². The predicted octanol–water partition coefficient (Wildman–Crippen LogP) is 2.29. The van der Waals surface area contributed by atoms with Gasteiger partial charge in [-0.1, -0.05) is 36.4 Å². The number of rotatable bonds is 1. The van der Waals surface area contributed by atoms with Crippen molar-refractivity contribution in [2.45, 2.75) is 36.1 Å². The van der Waals surface area contributed by atoms with Crippen LogP contribution in [0.15, 0.2) is 0 Å². The maximum absolute atomic E-state index is 11.1. The summed E-state index contributed by atoms with van der Waals surface area (Å²) in [6.07, 6.45) is 1.56. The predicted molar refractivity (Wildman–Crippen MR) is 58.6 cm³/mol. The molecule has 2 nitrogen and oxygen atoms in total. The van der Waals surface area contributed by atoms with E-state index in [1.165, 1.54) is 0 Å². The first-order chi connectivity index (χ1) is 5.43. The number of hydrogen-bond acceptors (Lipinski definition) is 1. The maximum atomic E-state index is 11.1. The summed E-state index contributed by atoms with van der Waals surface area (Å²) in [4.78, 5) is 11.1. The fraction of sp³-hybridized carbons (Fsp3) is 0.875. The van der Waals surface area contributed by atoms with Crippen LogP contribution in [0.1, 0.15) is 26.7 Å². The van der Waals surface area contributed by atoms with Crippen molar-refractivity contribution < 1.29 is 4.79 Å². The maximum Gasteiger partial charge on any atom is 0.220 e. The first-order valence-corrected chi connectivity index (χ1v) is 5.69. The molecule has 0 saturated carbocycles. The smallest absolute Gasteiger partial charge is 0.220 e. The number of hydrogen-bond donors (Lipinski definition) is 1. The number of piperidine rings is 1. The van der Waals surface area contributed by atoms with Crippen molar-refractivity contribution in [1.29, 1.82) is 0 Å². The van der Waals surface area contributed by atoms with E-state index in [1.807, 2.05) is 0 Å². The lowest BCUT2D eigenvalue weighted by molar-refractivity contribution is -0.125. The van der Waals surface area contributed by atoms with Gasteiger partial charge in [0.25, 0.3) is 0 Å². The third kappa shape index (κ3) is 2.25. The van der Waals surface area contributed by atoms with Gasteiger partial charge in [-0.15, -0.1) is 11.6 Å². The molecule has 4 heteroatoms. The van der Waals surface area contributed by atoms with Crippen LogP contribution in [0.4, 0.5) is 0 Å². The van der Waals surface area contributed by atoms with E-state index in [-0.39, 0.29) is 20.7 Å². The van der Waals surface area contributed by atoms with Crippen molar-refractivity contribution in [1.82, 2.24) is 5.32 Å².